The van der Waals surface area contributed by atoms with Crippen molar-refractivity contribution in [2.45, 2.75) is 0 Å². The van der Waals surface area contributed by atoms with Gasteiger partial charge in [-0.2, -0.15) is 5.10 Å². The zero-order valence-electron chi connectivity index (χ0n) is 8.83. The third-order valence-corrected chi connectivity index (χ3v) is 2.18. The number of rotatable bonds is 2. The van der Waals surface area contributed by atoms with E-state index in [4.69, 9.17) is 0 Å². The SMILES string of the molecule is COc1c(F)cc(-c2ccc(=O)[nH]n2)cc1F. The van der Waals surface area contributed by atoms with Gasteiger partial charge in [-0.05, 0) is 18.2 Å². The molecular formula is C11H8F2N2O2. The average Bonchev–Trinajstić information content (AvgIpc) is 2.29. The van der Waals surface area contributed by atoms with E-state index in [9.17, 15) is 13.6 Å². The number of ether oxygens (including phenoxy) is 1. The van der Waals surface area contributed by atoms with Crippen LogP contribution in [0.1, 0.15) is 0 Å². The maximum atomic E-state index is 13.4. The average molecular weight is 238 g/mol. The Labute approximate surface area is 94.9 Å². The third-order valence-electron chi connectivity index (χ3n) is 2.18. The summed E-state index contributed by atoms with van der Waals surface area (Å²) in [5, 5.41) is 5.86. The molecule has 0 spiro atoms. The van der Waals surface area contributed by atoms with Crippen molar-refractivity contribution in [3.05, 3.63) is 46.3 Å². The van der Waals surface area contributed by atoms with Crippen molar-refractivity contribution in [3.8, 4) is 17.0 Å². The van der Waals surface area contributed by atoms with Crippen molar-refractivity contribution in [3.63, 3.8) is 0 Å². The van der Waals surface area contributed by atoms with Crippen LogP contribution in [-0.2, 0) is 0 Å². The molecule has 0 aliphatic rings. The first-order chi connectivity index (χ1) is 8.11. The van der Waals surface area contributed by atoms with Gasteiger partial charge in [-0.3, -0.25) is 4.79 Å². The Morgan fingerprint density at radius 3 is 2.35 bits per heavy atom. The summed E-state index contributed by atoms with van der Waals surface area (Å²) in [6.45, 7) is 0. The van der Waals surface area contributed by atoms with Gasteiger partial charge in [0.2, 0.25) is 0 Å². The zero-order valence-corrected chi connectivity index (χ0v) is 8.83. The largest absolute Gasteiger partial charge is 0.491 e. The Kier molecular flexibility index (Phi) is 2.86. The molecule has 0 saturated heterocycles. The lowest BCUT2D eigenvalue weighted by atomic mass is 10.1. The number of nitrogens with one attached hydrogen (secondary N) is 1. The van der Waals surface area contributed by atoms with Crippen molar-refractivity contribution in [2.24, 2.45) is 0 Å². The van der Waals surface area contributed by atoms with Gasteiger partial charge in [-0.25, -0.2) is 13.9 Å². The first-order valence-electron chi connectivity index (χ1n) is 4.71. The van der Waals surface area contributed by atoms with Gasteiger partial charge in [0.25, 0.3) is 5.56 Å². The summed E-state index contributed by atoms with van der Waals surface area (Å²) in [7, 11) is 1.18. The molecule has 4 nitrogen and oxygen atoms in total. The number of aromatic nitrogens is 2. The maximum absolute atomic E-state index is 13.4. The molecule has 0 bridgehead atoms. The monoisotopic (exact) mass is 238 g/mol. The molecule has 88 valence electrons. The lowest BCUT2D eigenvalue weighted by Gasteiger charge is -2.06. The van der Waals surface area contributed by atoms with Gasteiger partial charge in [0.05, 0.1) is 12.8 Å². The van der Waals surface area contributed by atoms with Gasteiger partial charge < -0.3 is 4.74 Å². The summed E-state index contributed by atoms with van der Waals surface area (Å²) in [6, 6.07) is 4.77. The molecule has 0 amide bonds. The van der Waals surface area contributed by atoms with E-state index in [0.717, 1.165) is 12.1 Å². The molecule has 17 heavy (non-hydrogen) atoms. The topological polar surface area (TPSA) is 55.0 Å². The molecule has 0 radical (unpaired) electrons. The van der Waals surface area contributed by atoms with E-state index in [2.05, 4.69) is 14.9 Å². The number of nitrogens with zero attached hydrogens (tertiary/aromatic N) is 1. The fraction of sp³-hybridized carbons (Fsp3) is 0.0909. The zero-order chi connectivity index (χ0) is 12.4. The van der Waals surface area contributed by atoms with Gasteiger partial charge in [0, 0.05) is 11.6 Å². The molecule has 1 aromatic heterocycles. The van der Waals surface area contributed by atoms with Gasteiger partial charge in [-0.15, -0.1) is 0 Å². The minimum absolute atomic E-state index is 0.219. The van der Waals surface area contributed by atoms with Crippen LogP contribution < -0.4 is 10.3 Å². The first kappa shape index (κ1) is 11.3. The standard InChI is InChI=1S/C11H8F2N2O2/c1-17-11-7(12)4-6(5-8(11)13)9-2-3-10(16)15-14-9/h2-5H,1H3,(H,15,16). The molecule has 0 fully saturated rings. The lowest BCUT2D eigenvalue weighted by Crippen LogP contribution is -2.05. The molecule has 6 heteroatoms. The molecule has 2 rings (SSSR count). The summed E-state index contributed by atoms with van der Waals surface area (Å²) >= 11 is 0. The van der Waals surface area contributed by atoms with E-state index in [1.54, 1.807) is 0 Å². The van der Waals surface area contributed by atoms with Crippen LogP contribution in [0.3, 0.4) is 0 Å². The van der Waals surface area contributed by atoms with Gasteiger partial charge in [-0.1, -0.05) is 0 Å². The fourth-order valence-corrected chi connectivity index (χ4v) is 1.41. The second-order valence-electron chi connectivity index (χ2n) is 3.28. The Balaban J connectivity index is 2.54. The van der Waals surface area contributed by atoms with Crippen molar-refractivity contribution >= 4 is 0 Å². The number of halogens is 2. The highest BCUT2D eigenvalue weighted by Crippen LogP contribution is 2.27. The number of aromatic amines is 1. The summed E-state index contributed by atoms with van der Waals surface area (Å²) < 4.78 is 31.4. The molecule has 1 aromatic carbocycles. The number of hydrogen-bond acceptors (Lipinski definition) is 3. The molecule has 0 aliphatic heterocycles. The van der Waals surface area contributed by atoms with E-state index < -0.39 is 17.4 Å². The molecule has 0 atom stereocenters. The van der Waals surface area contributed by atoms with E-state index >= 15 is 0 Å². The normalized spacial score (nSPS) is 10.3. The fourth-order valence-electron chi connectivity index (χ4n) is 1.41. The van der Waals surface area contributed by atoms with Crippen LogP contribution in [0.4, 0.5) is 8.78 Å². The van der Waals surface area contributed by atoms with Gasteiger partial charge in [0.1, 0.15) is 0 Å². The van der Waals surface area contributed by atoms with Gasteiger partial charge >= 0.3 is 0 Å². The predicted octanol–water partition coefficient (Wildman–Crippen LogP) is 1.72. The molecule has 0 aliphatic carbocycles. The summed E-state index contributed by atoms with van der Waals surface area (Å²) in [6.07, 6.45) is 0. The third kappa shape index (κ3) is 2.15. The van der Waals surface area contributed by atoms with Crippen LogP contribution in [0.5, 0.6) is 5.75 Å². The number of methoxy groups -OCH3 is 1. The number of H-pyrrole nitrogens is 1. The second-order valence-corrected chi connectivity index (χ2v) is 3.28. The van der Waals surface area contributed by atoms with Crippen molar-refractivity contribution < 1.29 is 13.5 Å². The molecule has 0 saturated carbocycles. The summed E-state index contributed by atoms with van der Waals surface area (Å²) in [4.78, 5) is 10.8. The molecule has 1 heterocycles. The van der Waals surface area contributed by atoms with Crippen molar-refractivity contribution in [2.75, 3.05) is 7.11 Å². The smallest absolute Gasteiger partial charge is 0.264 e. The van der Waals surface area contributed by atoms with Crippen LogP contribution in [0, 0.1) is 11.6 Å². The Bertz CT molecular complexity index is 567. The van der Waals surface area contributed by atoms with Crippen molar-refractivity contribution in [1.82, 2.24) is 10.2 Å². The summed E-state index contributed by atoms with van der Waals surface area (Å²) in [5.74, 6) is -2.09. The Morgan fingerprint density at radius 1 is 1.24 bits per heavy atom. The number of benzene rings is 1. The Hall–Kier alpha value is -2.24. The lowest BCUT2D eigenvalue weighted by molar-refractivity contribution is 0.360. The number of hydrogen-bond donors (Lipinski definition) is 1. The van der Waals surface area contributed by atoms with E-state index in [0.29, 0.717) is 0 Å². The van der Waals surface area contributed by atoms with E-state index in [1.165, 1.54) is 19.2 Å². The molecule has 2 aromatic rings. The maximum Gasteiger partial charge on any atom is 0.264 e. The minimum Gasteiger partial charge on any atom is -0.491 e. The molecule has 1 N–H and O–H groups in total. The first-order valence-corrected chi connectivity index (χ1v) is 4.71. The highest BCUT2D eigenvalue weighted by atomic mass is 19.1. The highest BCUT2D eigenvalue weighted by Gasteiger charge is 2.13. The van der Waals surface area contributed by atoms with E-state index in [-0.39, 0.29) is 16.8 Å². The summed E-state index contributed by atoms with van der Waals surface area (Å²) in [5.41, 5.74) is 0.102. The molecule has 0 unspecified atom stereocenters. The molecular weight excluding hydrogens is 230 g/mol. The highest BCUT2D eigenvalue weighted by molar-refractivity contribution is 5.60. The second kappa shape index (κ2) is 4.32. The van der Waals surface area contributed by atoms with Crippen LogP contribution in [0.15, 0.2) is 29.1 Å². The van der Waals surface area contributed by atoms with Crippen molar-refractivity contribution in [1.29, 1.82) is 0 Å². The van der Waals surface area contributed by atoms with Gasteiger partial charge in [0.15, 0.2) is 17.4 Å². The Morgan fingerprint density at radius 2 is 1.88 bits per heavy atom. The van der Waals surface area contributed by atoms with Crippen LogP contribution in [0.25, 0.3) is 11.3 Å². The van der Waals surface area contributed by atoms with Crippen LogP contribution in [0.2, 0.25) is 0 Å². The predicted molar refractivity (Wildman–Crippen MR) is 56.8 cm³/mol. The van der Waals surface area contributed by atoms with Crippen LogP contribution >= 0.6 is 0 Å². The quantitative estimate of drug-likeness (QED) is 0.866. The minimum atomic E-state index is -0.824. The van der Waals surface area contributed by atoms with E-state index in [1.807, 2.05) is 0 Å². The van der Waals surface area contributed by atoms with Crippen LogP contribution in [-0.4, -0.2) is 17.3 Å².